The Hall–Kier alpha value is -1.30. The number of carboxylic acids is 1. The molecule has 0 aromatic carbocycles. The average molecular weight is 258 g/mol. The summed E-state index contributed by atoms with van der Waals surface area (Å²) in [7, 11) is 3.64. The molecular weight excluding hydrogens is 236 g/mol. The average Bonchev–Trinajstić information content (AvgIpc) is 2.58. The highest BCUT2D eigenvalue weighted by Gasteiger charge is 2.42. The molecule has 6 nitrogen and oxygen atoms in total. The van der Waals surface area contributed by atoms with Crippen LogP contribution in [0.25, 0.3) is 0 Å². The van der Waals surface area contributed by atoms with Crippen molar-refractivity contribution in [3.63, 3.8) is 0 Å². The Morgan fingerprint density at radius 1 is 1.28 bits per heavy atom. The van der Waals surface area contributed by atoms with Crippen LogP contribution in [0.3, 0.4) is 0 Å². The number of amides is 1. The van der Waals surface area contributed by atoms with Crippen LogP contribution in [-0.4, -0.2) is 65.8 Å². The topological polar surface area (TPSA) is 70.1 Å². The van der Waals surface area contributed by atoms with Gasteiger partial charge in [-0.25, -0.2) is 4.79 Å². The molecule has 2 atom stereocenters. The summed E-state index contributed by atoms with van der Waals surface area (Å²) in [5, 5.41) is 9.16. The minimum Gasteiger partial charge on any atom is -0.481 e. The van der Waals surface area contributed by atoms with E-state index in [1.807, 2.05) is 19.0 Å². The number of nitrogens with zero attached hydrogens (tertiary/aromatic N) is 2. The lowest BCUT2D eigenvalue weighted by Gasteiger charge is -2.25. The Kier molecular flexibility index (Phi) is 4.21. The van der Waals surface area contributed by atoms with Gasteiger partial charge in [0, 0.05) is 19.1 Å². The van der Waals surface area contributed by atoms with E-state index in [-0.39, 0.29) is 12.6 Å². The standard InChI is InChI=1S/C12H22N2O4/c1-12(2,3)18-11(17)14-6-8(10(15)16)9(7-14)13(4)5/h8-9H,6-7H2,1-5H3,(H,15,16)/t8-,9+/m1/s1. The predicted octanol–water partition coefficient (Wildman–Crippen LogP) is 0.868. The van der Waals surface area contributed by atoms with Crippen molar-refractivity contribution in [2.75, 3.05) is 27.2 Å². The minimum absolute atomic E-state index is 0.171. The highest BCUT2D eigenvalue weighted by atomic mass is 16.6. The van der Waals surface area contributed by atoms with Gasteiger partial charge >= 0.3 is 12.1 Å². The molecule has 1 aliphatic heterocycles. The van der Waals surface area contributed by atoms with E-state index in [0.29, 0.717) is 6.54 Å². The number of hydrogen-bond donors (Lipinski definition) is 1. The van der Waals surface area contributed by atoms with Gasteiger partial charge in [-0.2, -0.15) is 0 Å². The first kappa shape index (κ1) is 14.8. The summed E-state index contributed by atoms with van der Waals surface area (Å²) in [6.07, 6.45) is -0.446. The molecule has 0 spiro atoms. The Morgan fingerprint density at radius 3 is 2.17 bits per heavy atom. The fourth-order valence-electron chi connectivity index (χ4n) is 2.03. The highest BCUT2D eigenvalue weighted by Crippen LogP contribution is 2.23. The summed E-state index contributed by atoms with van der Waals surface area (Å²) >= 11 is 0. The highest BCUT2D eigenvalue weighted by molar-refractivity contribution is 5.75. The van der Waals surface area contributed by atoms with E-state index in [9.17, 15) is 9.59 Å². The number of carboxylic acid groups (broad SMARTS) is 1. The van der Waals surface area contributed by atoms with E-state index < -0.39 is 23.6 Å². The normalized spacial score (nSPS) is 24.4. The summed E-state index contributed by atoms with van der Waals surface area (Å²) in [5.74, 6) is -1.44. The van der Waals surface area contributed by atoms with Gasteiger partial charge in [-0.05, 0) is 34.9 Å². The summed E-state index contributed by atoms with van der Waals surface area (Å²) < 4.78 is 5.25. The zero-order valence-electron chi connectivity index (χ0n) is 11.6. The van der Waals surface area contributed by atoms with Gasteiger partial charge in [-0.3, -0.25) is 4.79 Å². The van der Waals surface area contributed by atoms with Gasteiger partial charge in [0.05, 0.1) is 5.92 Å². The lowest BCUT2D eigenvalue weighted by Crippen LogP contribution is -2.39. The molecule has 1 N–H and O–H groups in total. The number of carbonyl (C=O) groups excluding carboxylic acids is 1. The van der Waals surface area contributed by atoms with Crippen molar-refractivity contribution < 1.29 is 19.4 Å². The number of ether oxygens (including phenoxy) is 1. The Labute approximate surface area is 107 Å². The van der Waals surface area contributed by atoms with Gasteiger partial charge in [0.15, 0.2) is 0 Å². The Balaban J connectivity index is 2.72. The second-order valence-corrected chi connectivity index (χ2v) is 5.86. The molecule has 6 heteroatoms. The number of rotatable bonds is 2. The maximum Gasteiger partial charge on any atom is 0.410 e. The van der Waals surface area contributed by atoms with Crippen LogP contribution in [0.2, 0.25) is 0 Å². The largest absolute Gasteiger partial charge is 0.481 e. The quantitative estimate of drug-likeness (QED) is 0.795. The van der Waals surface area contributed by atoms with E-state index >= 15 is 0 Å². The first-order chi connectivity index (χ1) is 8.11. The fourth-order valence-corrected chi connectivity index (χ4v) is 2.03. The van der Waals surface area contributed by atoms with Crippen LogP contribution in [0.4, 0.5) is 4.79 Å². The predicted molar refractivity (Wildman–Crippen MR) is 66.4 cm³/mol. The molecule has 0 bridgehead atoms. The second kappa shape index (κ2) is 5.14. The molecule has 1 aliphatic rings. The SMILES string of the molecule is CN(C)[C@H]1CN(C(=O)OC(C)(C)C)C[C@H]1C(=O)O. The molecule has 1 heterocycles. The molecule has 0 saturated carbocycles. The van der Waals surface area contributed by atoms with Crippen molar-refractivity contribution in [1.82, 2.24) is 9.80 Å². The van der Waals surface area contributed by atoms with Crippen molar-refractivity contribution in [2.45, 2.75) is 32.4 Å². The lowest BCUT2D eigenvalue weighted by atomic mass is 10.0. The second-order valence-electron chi connectivity index (χ2n) is 5.86. The monoisotopic (exact) mass is 258 g/mol. The molecule has 18 heavy (non-hydrogen) atoms. The molecule has 0 aromatic rings. The number of aliphatic carboxylic acids is 1. The number of likely N-dealkylation sites (tertiary alicyclic amines) is 1. The first-order valence-corrected chi connectivity index (χ1v) is 5.99. The van der Waals surface area contributed by atoms with Crippen LogP contribution in [0, 0.1) is 5.92 Å². The molecule has 1 rings (SSSR count). The van der Waals surface area contributed by atoms with Gasteiger partial charge in [0.25, 0.3) is 0 Å². The molecular formula is C12H22N2O4. The summed E-state index contributed by atoms with van der Waals surface area (Å²) in [6.45, 7) is 5.96. The van der Waals surface area contributed by atoms with E-state index in [2.05, 4.69) is 0 Å². The number of hydrogen-bond acceptors (Lipinski definition) is 4. The van der Waals surface area contributed by atoms with Gasteiger partial charge in [-0.1, -0.05) is 0 Å². The van der Waals surface area contributed by atoms with Crippen LogP contribution in [0.15, 0.2) is 0 Å². The zero-order chi connectivity index (χ0) is 14.1. The molecule has 1 saturated heterocycles. The van der Waals surface area contributed by atoms with Crippen molar-refractivity contribution in [2.24, 2.45) is 5.92 Å². The van der Waals surface area contributed by atoms with Crippen LogP contribution >= 0.6 is 0 Å². The van der Waals surface area contributed by atoms with Crippen LogP contribution in [-0.2, 0) is 9.53 Å². The molecule has 0 radical (unpaired) electrons. The van der Waals surface area contributed by atoms with E-state index in [1.54, 1.807) is 20.8 Å². The van der Waals surface area contributed by atoms with Gasteiger partial charge < -0.3 is 19.6 Å². The molecule has 104 valence electrons. The number of likely N-dealkylation sites (N-methyl/N-ethyl adjacent to an activating group) is 1. The van der Waals surface area contributed by atoms with Gasteiger partial charge in [0.2, 0.25) is 0 Å². The van der Waals surface area contributed by atoms with E-state index in [0.717, 1.165) is 0 Å². The van der Waals surface area contributed by atoms with Crippen LogP contribution in [0.1, 0.15) is 20.8 Å². The van der Waals surface area contributed by atoms with Crippen molar-refractivity contribution in [3.8, 4) is 0 Å². The smallest absolute Gasteiger partial charge is 0.410 e. The third-order valence-electron chi connectivity index (χ3n) is 2.92. The molecule has 0 aromatic heterocycles. The first-order valence-electron chi connectivity index (χ1n) is 5.99. The summed E-state index contributed by atoms with van der Waals surface area (Å²) in [4.78, 5) is 26.4. The molecule has 1 amide bonds. The van der Waals surface area contributed by atoms with E-state index in [4.69, 9.17) is 9.84 Å². The van der Waals surface area contributed by atoms with E-state index in [1.165, 1.54) is 4.90 Å². The summed E-state index contributed by atoms with van der Waals surface area (Å²) in [5.41, 5.74) is -0.563. The van der Waals surface area contributed by atoms with Crippen LogP contribution < -0.4 is 0 Å². The maximum atomic E-state index is 11.9. The third-order valence-corrected chi connectivity index (χ3v) is 2.92. The van der Waals surface area contributed by atoms with Crippen LogP contribution in [0.5, 0.6) is 0 Å². The molecule has 0 aliphatic carbocycles. The Morgan fingerprint density at radius 2 is 1.83 bits per heavy atom. The summed E-state index contributed by atoms with van der Waals surface area (Å²) in [6, 6.07) is -0.171. The fraction of sp³-hybridized carbons (Fsp3) is 0.833. The van der Waals surface area contributed by atoms with Gasteiger partial charge in [-0.15, -0.1) is 0 Å². The maximum absolute atomic E-state index is 11.9. The Bertz CT molecular complexity index is 335. The molecule has 1 fully saturated rings. The molecule has 0 unspecified atom stereocenters. The van der Waals surface area contributed by atoms with Gasteiger partial charge in [0.1, 0.15) is 5.60 Å². The number of carbonyl (C=O) groups is 2. The zero-order valence-corrected chi connectivity index (χ0v) is 11.6. The third kappa shape index (κ3) is 3.60. The van der Waals surface area contributed by atoms with Crippen molar-refractivity contribution in [3.05, 3.63) is 0 Å². The van der Waals surface area contributed by atoms with Crippen molar-refractivity contribution in [1.29, 1.82) is 0 Å². The lowest BCUT2D eigenvalue weighted by molar-refractivity contribution is -0.142. The minimum atomic E-state index is -0.875. The van der Waals surface area contributed by atoms with Crippen molar-refractivity contribution >= 4 is 12.1 Å².